The summed E-state index contributed by atoms with van der Waals surface area (Å²) >= 11 is 0. The molecule has 0 spiro atoms. The maximum absolute atomic E-state index is 12.4. The highest BCUT2D eigenvalue weighted by Crippen LogP contribution is 2.19. The molecule has 0 atom stereocenters. The standard InChI is InChI=1S/C14H18N4O/c1-4-10-5-7-11(8-6-10)17(2)14(19)13-12(15)9-16-18(13)3/h5-9H,4,15H2,1-3H3. The Morgan fingerprint density at radius 2 is 2.00 bits per heavy atom. The van der Waals surface area contributed by atoms with Crippen molar-refractivity contribution >= 4 is 17.3 Å². The Labute approximate surface area is 112 Å². The molecular formula is C14H18N4O. The highest BCUT2D eigenvalue weighted by Gasteiger charge is 2.20. The van der Waals surface area contributed by atoms with Gasteiger partial charge in [0.2, 0.25) is 0 Å². The van der Waals surface area contributed by atoms with Gasteiger partial charge in [-0.2, -0.15) is 5.10 Å². The molecule has 5 heteroatoms. The van der Waals surface area contributed by atoms with Crippen LogP contribution in [-0.4, -0.2) is 22.7 Å². The molecule has 2 aromatic rings. The fourth-order valence-corrected chi connectivity index (χ4v) is 1.95. The molecule has 0 saturated heterocycles. The van der Waals surface area contributed by atoms with Crippen LogP contribution < -0.4 is 10.6 Å². The van der Waals surface area contributed by atoms with Crippen LogP contribution in [0.2, 0.25) is 0 Å². The average molecular weight is 258 g/mol. The Kier molecular flexibility index (Phi) is 3.55. The van der Waals surface area contributed by atoms with E-state index in [1.54, 1.807) is 19.0 Å². The first-order chi connectivity index (χ1) is 9.04. The van der Waals surface area contributed by atoms with Crippen LogP contribution >= 0.6 is 0 Å². The SMILES string of the molecule is CCc1ccc(N(C)C(=O)c2c(N)cnn2C)cc1. The van der Waals surface area contributed by atoms with Crippen LogP contribution in [0.15, 0.2) is 30.5 Å². The van der Waals surface area contributed by atoms with E-state index in [9.17, 15) is 4.79 Å². The van der Waals surface area contributed by atoms with Crippen molar-refractivity contribution in [3.05, 3.63) is 41.7 Å². The van der Waals surface area contributed by atoms with Gasteiger partial charge in [0.05, 0.1) is 11.9 Å². The van der Waals surface area contributed by atoms with E-state index in [0.29, 0.717) is 11.4 Å². The van der Waals surface area contributed by atoms with Crippen LogP contribution in [0, 0.1) is 0 Å². The van der Waals surface area contributed by atoms with Crippen LogP contribution in [0.3, 0.4) is 0 Å². The lowest BCUT2D eigenvalue weighted by atomic mass is 10.1. The van der Waals surface area contributed by atoms with E-state index >= 15 is 0 Å². The summed E-state index contributed by atoms with van der Waals surface area (Å²) in [5.41, 5.74) is 8.65. The number of carbonyl (C=O) groups is 1. The highest BCUT2D eigenvalue weighted by atomic mass is 16.2. The van der Waals surface area contributed by atoms with E-state index in [2.05, 4.69) is 12.0 Å². The molecule has 0 saturated carbocycles. The zero-order chi connectivity index (χ0) is 14.0. The largest absolute Gasteiger partial charge is 0.396 e. The summed E-state index contributed by atoms with van der Waals surface area (Å²) in [7, 11) is 3.44. The number of nitrogen functional groups attached to an aromatic ring is 1. The lowest BCUT2D eigenvalue weighted by Gasteiger charge is -2.18. The molecule has 0 aliphatic rings. The predicted molar refractivity (Wildman–Crippen MR) is 76.2 cm³/mol. The molecule has 100 valence electrons. The minimum Gasteiger partial charge on any atom is -0.396 e. The molecule has 0 fully saturated rings. The lowest BCUT2D eigenvalue weighted by Crippen LogP contribution is -2.28. The Balaban J connectivity index is 2.28. The number of amides is 1. The van der Waals surface area contributed by atoms with Crippen molar-refractivity contribution in [1.29, 1.82) is 0 Å². The molecule has 1 aromatic heterocycles. The van der Waals surface area contributed by atoms with Gasteiger partial charge in [0, 0.05) is 19.8 Å². The van der Waals surface area contributed by atoms with E-state index in [0.717, 1.165) is 12.1 Å². The van der Waals surface area contributed by atoms with E-state index in [-0.39, 0.29) is 5.91 Å². The van der Waals surface area contributed by atoms with Crippen LogP contribution in [-0.2, 0) is 13.5 Å². The summed E-state index contributed by atoms with van der Waals surface area (Å²) in [4.78, 5) is 14.0. The van der Waals surface area contributed by atoms with Crippen molar-refractivity contribution in [3.63, 3.8) is 0 Å². The normalized spacial score (nSPS) is 10.5. The highest BCUT2D eigenvalue weighted by molar-refractivity contribution is 6.07. The van der Waals surface area contributed by atoms with Gasteiger partial charge in [-0.05, 0) is 24.1 Å². The number of aromatic nitrogens is 2. The second kappa shape index (κ2) is 5.14. The molecule has 0 aliphatic carbocycles. The van der Waals surface area contributed by atoms with Gasteiger partial charge in [-0.3, -0.25) is 9.48 Å². The van der Waals surface area contributed by atoms with E-state index in [1.165, 1.54) is 16.4 Å². The second-order valence-corrected chi connectivity index (χ2v) is 4.46. The Hall–Kier alpha value is -2.30. The molecule has 0 bridgehead atoms. The molecule has 0 unspecified atom stereocenters. The van der Waals surface area contributed by atoms with Crippen LogP contribution in [0.4, 0.5) is 11.4 Å². The maximum Gasteiger partial charge on any atom is 0.278 e. The number of benzene rings is 1. The number of rotatable bonds is 3. The van der Waals surface area contributed by atoms with Gasteiger partial charge < -0.3 is 10.6 Å². The van der Waals surface area contributed by atoms with Gasteiger partial charge in [0.1, 0.15) is 5.69 Å². The predicted octanol–water partition coefficient (Wildman–Crippen LogP) is 1.84. The Morgan fingerprint density at radius 3 is 2.47 bits per heavy atom. The van der Waals surface area contributed by atoms with E-state index < -0.39 is 0 Å². The number of nitrogens with zero attached hydrogens (tertiary/aromatic N) is 3. The number of aryl methyl sites for hydroxylation is 2. The molecule has 2 rings (SSSR count). The van der Waals surface area contributed by atoms with Crippen molar-refractivity contribution in [2.45, 2.75) is 13.3 Å². The van der Waals surface area contributed by atoms with Crippen molar-refractivity contribution in [3.8, 4) is 0 Å². The molecule has 1 heterocycles. The van der Waals surface area contributed by atoms with Crippen molar-refractivity contribution < 1.29 is 4.79 Å². The van der Waals surface area contributed by atoms with E-state index in [4.69, 9.17) is 5.73 Å². The van der Waals surface area contributed by atoms with Gasteiger partial charge in [0.25, 0.3) is 5.91 Å². The third-order valence-corrected chi connectivity index (χ3v) is 3.21. The summed E-state index contributed by atoms with van der Waals surface area (Å²) in [6, 6.07) is 7.91. The van der Waals surface area contributed by atoms with Crippen LogP contribution in [0.25, 0.3) is 0 Å². The van der Waals surface area contributed by atoms with Gasteiger partial charge >= 0.3 is 0 Å². The van der Waals surface area contributed by atoms with Crippen molar-refractivity contribution in [2.24, 2.45) is 7.05 Å². The molecule has 1 amide bonds. The third-order valence-electron chi connectivity index (χ3n) is 3.21. The minimum absolute atomic E-state index is 0.165. The number of hydrogen-bond donors (Lipinski definition) is 1. The summed E-state index contributed by atoms with van der Waals surface area (Å²) in [6.45, 7) is 2.10. The first kappa shape index (κ1) is 13.1. The second-order valence-electron chi connectivity index (χ2n) is 4.46. The molecule has 19 heavy (non-hydrogen) atoms. The molecule has 0 radical (unpaired) electrons. The van der Waals surface area contributed by atoms with Gasteiger partial charge in [-0.15, -0.1) is 0 Å². The zero-order valence-corrected chi connectivity index (χ0v) is 11.4. The number of anilines is 2. The fourth-order valence-electron chi connectivity index (χ4n) is 1.95. The Bertz CT molecular complexity index is 566. The smallest absolute Gasteiger partial charge is 0.278 e. The molecule has 2 N–H and O–H groups in total. The average Bonchev–Trinajstić information content (AvgIpc) is 2.77. The van der Waals surface area contributed by atoms with Crippen molar-refractivity contribution in [1.82, 2.24) is 9.78 Å². The number of hydrogen-bond acceptors (Lipinski definition) is 3. The lowest BCUT2D eigenvalue weighted by molar-refractivity contribution is 0.0985. The monoisotopic (exact) mass is 258 g/mol. The van der Waals surface area contributed by atoms with Gasteiger partial charge in [-0.25, -0.2) is 0 Å². The third kappa shape index (κ3) is 2.45. The molecule has 0 aliphatic heterocycles. The first-order valence-corrected chi connectivity index (χ1v) is 6.19. The van der Waals surface area contributed by atoms with Gasteiger partial charge in [0.15, 0.2) is 0 Å². The Morgan fingerprint density at radius 1 is 1.37 bits per heavy atom. The minimum atomic E-state index is -0.165. The number of carbonyl (C=O) groups excluding carboxylic acids is 1. The fraction of sp³-hybridized carbons (Fsp3) is 0.286. The summed E-state index contributed by atoms with van der Waals surface area (Å²) in [6.07, 6.45) is 2.47. The summed E-state index contributed by atoms with van der Waals surface area (Å²) in [5.74, 6) is -0.165. The van der Waals surface area contributed by atoms with Gasteiger partial charge in [-0.1, -0.05) is 19.1 Å². The summed E-state index contributed by atoms with van der Waals surface area (Å²) < 4.78 is 1.49. The van der Waals surface area contributed by atoms with Crippen molar-refractivity contribution in [2.75, 3.05) is 17.7 Å². The number of nitrogens with two attached hydrogens (primary N) is 1. The quantitative estimate of drug-likeness (QED) is 0.913. The van der Waals surface area contributed by atoms with Crippen LogP contribution in [0.1, 0.15) is 23.0 Å². The molecular weight excluding hydrogens is 240 g/mol. The topological polar surface area (TPSA) is 64.2 Å². The molecule has 5 nitrogen and oxygen atoms in total. The van der Waals surface area contributed by atoms with Crippen LogP contribution in [0.5, 0.6) is 0 Å². The maximum atomic E-state index is 12.4. The molecule has 1 aromatic carbocycles. The first-order valence-electron chi connectivity index (χ1n) is 6.19. The van der Waals surface area contributed by atoms with E-state index in [1.807, 2.05) is 24.3 Å². The zero-order valence-electron chi connectivity index (χ0n) is 11.4. The summed E-state index contributed by atoms with van der Waals surface area (Å²) in [5, 5.41) is 3.98.